The number of hydrogen-bond donors (Lipinski definition) is 1. The van der Waals surface area contributed by atoms with Gasteiger partial charge in [-0.25, -0.2) is 4.79 Å². The summed E-state index contributed by atoms with van der Waals surface area (Å²) in [7, 11) is 0. The van der Waals surface area contributed by atoms with Crippen LogP contribution in [0.5, 0.6) is 0 Å². The van der Waals surface area contributed by atoms with Crippen LogP contribution in [-0.2, 0) is 0 Å². The molecule has 4 nitrogen and oxygen atoms in total. The quantitative estimate of drug-likeness (QED) is 0.697. The first kappa shape index (κ1) is 7.27. The minimum Gasteiger partial charge on any atom is -0.463 e. The van der Waals surface area contributed by atoms with E-state index in [4.69, 9.17) is 5.11 Å². The van der Waals surface area contributed by atoms with Gasteiger partial charge in [0.25, 0.3) is 0 Å². The van der Waals surface area contributed by atoms with E-state index in [0.717, 1.165) is 4.68 Å². The van der Waals surface area contributed by atoms with Crippen LogP contribution in [-0.4, -0.2) is 21.0 Å². The van der Waals surface area contributed by atoms with Crippen LogP contribution in [0.4, 0.5) is 4.79 Å². The molecule has 0 saturated carbocycles. The molecule has 0 aliphatic heterocycles. The Balaban J connectivity index is 3.10. The topological polar surface area (TPSA) is 55.1 Å². The Morgan fingerprint density at radius 1 is 1.90 bits per heavy atom. The van der Waals surface area contributed by atoms with Crippen LogP contribution < -0.4 is 0 Å². The maximum atomic E-state index is 10.2. The van der Waals surface area contributed by atoms with Gasteiger partial charge in [-0.05, 0) is 22.9 Å². The standard InChI is InChI=1S/C5H5BrN2O2/c1-3-4(6)2-8(7-3)5(9)10/h2H,1H3,(H,9,10). The molecule has 1 heterocycles. The lowest BCUT2D eigenvalue weighted by Gasteiger charge is -1.86. The van der Waals surface area contributed by atoms with E-state index in [1.54, 1.807) is 6.92 Å². The molecule has 1 rings (SSSR count). The third kappa shape index (κ3) is 1.18. The molecule has 0 atom stereocenters. The largest absolute Gasteiger partial charge is 0.463 e. The van der Waals surface area contributed by atoms with Gasteiger partial charge in [0.1, 0.15) is 0 Å². The number of hydrogen-bond acceptors (Lipinski definition) is 2. The van der Waals surface area contributed by atoms with Crippen LogP contribution in [0.1, 0.15) is 5.69 Å². The average molecular weight is 205 g/mol. The second kappa shape index (κ2) is 2.42. The molecule has 0 spiro atoms. The van der Waals surface area contributed by atoms with Gasteiger partial charge in [-0.3, -0.25) is 0 Å². The van der Waals surface area contributed by atoms with E-state index >= 15 is 0 Å². The fourth-order valence-corrected chi connectivity index (χ4v) is 0.810. The Labute approximate surface area is 65.6 Å². The Morgan fingerprint density at radius 3 is 2.70 bits per heavy atom. The molecule has 0 saturated heterocycles. The molecule has 0 bridgehead atoms. The third-order valence-electron chi connectivity index (χ3n) is 1.03. The minimum absolute atomic E-state index is 0.669. The fourth-order valence-electron chi connectivity index (χ4n) is 0.537. The van der Waals surface area contributed by atoms with E-state index < -0.39 is 6.09 Å². The van der Waals surface area contributed by atoms with Crippen molar-refractivity contribution in [1.29, 1.82) is 0 Å². The van der Waals surface area contributed by atoms with Gasteiger partial charge in [0.05, 0.1) is 16.4 Å². The molecule has 0 aromatic carbocycles. The van der Waals surface area contributed by atoms with Crippen molar-refractivity contribution in [3.63, 3.8) is 0 Å². The highest BCUT2D eigenvalue weighted by Gasteiger charge is 2.05. The molecule has 0 aliphatic rings. The van der Waals surface area contributed by atoms with Gasteiger partial charge in [0, 0.05) is 0 Å². The van der Waals surface area contributed by atoms with Crippen LogP contribution in [0.2, 0.25) is 0 Å². The second-order valence-electron chi connectivity index (χ2n) is 1.79. The Kier molecular flexibility index (Phi) is 1.76. The van der Waals surface area contributed by atoms with Gasteiger partial charge in [0.15, 0.2) is 0 Å². The van der Waals surface area contributed by atoms with E-state index in [0.29, 0.717) is 10.2 Å². The molecule has 1 aromatic heterocycles. The van der Waals surface area contributed by atoms with Crippen molar-refractivity contribution in [2.24, 2.45) is 0 Å². The van der Waals surface area contributed by atoms with Crippen molar-refractivity contribution in [2.45, 2.75) is 6.92 Å². The molecular formula is C5H5BrN2O2. The maximum absolute atomic E-state index is 10.2. The van der Waals surface area contributed by atoms with Crippen LogP contribution in [0.3, 0.4) is 0 Å². The van der Waals surface area contributed by atoms with Gasteiger partial charge in [0.2, 0.25) is 0 Å². The number of halogens is 1. The van der Waals surface area contributed by atoms with E-state index in [1.807, 2.05) is 0 Å². The van der Waals surface area contributed by atoms with Crippen molar-refractivity contribution in [1.82, 2.24) is 9.78 Å². The van der Waals surface area contributed by atoms with E-state index in [-0.39, 0.29) is 0 Å². The normalized spacial score (nSPS) is 9.80. The molecule has 1 N–H and O–H groups in total. The zero-order valence-electron chi connectivity index (χ0n) is 5.21. The Morgan fingerprint density at radius 2 is 2.50 bits per heavy atom. The number of carboxylic acid groups (broad SMARTS) is 1. The second-order valence-corrected chi connectivity index (χ2v) is 2.64. The van der Waals surface area contributed by atoms with Crippen molar-refractivity contribution < 1.29 is 9.90 Å². The monoisotopic (exact) mass is 204 g/mol. The van der Waals surface area contributed by atoms with Gasteiger partial charge in [-0.2, -0.15) is 9.78 Å². The van der Waals surface area contributed by atoms with Crippen LogP contribution >= 0.6 is 15.9 Å². The lowest BCUT2D eigenvalue weighted by molar-refractivity contribution is 0.192. The molecule has 0 fully saturated rings. The SMILES string of the molecule is Cc1nn(C(=O)O)cc1Br. The Hall–Kier alpha value is -0.840. The number of nitrogens with zero attached hydrogens (tertiary/aromatic N) is 2. The molecule has 0 aliphatic carbocycles. The molecule has 0 radical (unpaired) electrons. The van der Waals surface area contributed by atoms with Crippen molar-refractivity contribution >= 4 is 22.0 Å². The van der Waals surface area contributed by atoms with Crippen molar-refractivity contribution in [2.75, 3.05) is 0 Å². The summed E-state index contributed by atoms with van der Waals surface area (Å²) >= 11 is 3.14. The van der Waals surface area contributed by atoms with Crippen LogP contribution in [0, 0.1) is 6.92 Å². The minimum atomic E-state index is -1.08. The zero-order chi connectivity index (χ0) is 7.72. The highest BCUT2D eigenvalue weighted by molar-refractivity contribution is 9.10. The van der Waals surface area contributed by atoms with Crippen molar-refractivity contribution in [3.8, 4) is 0 Å². The molecule has 1 aromatic rings. The smallest absolute Gasteiger partial charge is 0.432 e. The maximum Gasteiger partial charge on any atom is 0.432 e. The van der Waals surface area contributed by atoms with E-state index in [9.17, 15) is 4.79 Å². The molecule has 10 heavy (non-hydrogen) atoms. The van der Waals surface area contributed by atoms with E-state index in [2.05, 4.69) is 21.0 Å². The summed E-state index contributed by atoms with van der Waals surface area (Å²) < 4.78 is 1.56. The van der Waals surface area contributed by atoms with Gasteiger partial charge >= 0.3 is 6.09 Å². The number of aromatic nitrogens is 2. The summed E-state index contributed by atoms with van der Waals surface area (Å²) in [6, 6.07) is 0. The highest BCUT2D eigenvalue weighted by atomic mass is 79.9. The number of aryl methyl sites for hydroxylation is 1. The van der Waals surface area contributed by atoms with Crippen molar-refractivity contribution in [3.05, 3.63) is 16.4 Å². The molecule has 5 heteroatoms. The lowest BCUT2D eigenvalue weighted by Crippen LogP contribution is -2.07. The van der Waals surface area contributed by atoms with Gasteiger partial charge in [-0.1, -0.05) is 0 Å². The van der Waals surface area contributed by atoms with Crippen LogP contribution in [0.15, 0.2) is 10.7 Å². The first-order valence-electron chi connectivity index (χ1n) is 2.56. The highest BCUT2D eigenvalue weighted by Crippen LogP contribution is 2.12. The first-order chi connectivity index (χ1) is 4.61. The zero-order valence-corrected chi connectivity index (χ0v) is 6.79. The number of rotatable bonds is 0. The fraction of sp³-hybridized carbons (Fsp3) is 0.200. The molecule has 0 unspecified atom stereocenters. The summed E-state index contributed by atoms with van der Waals surface area (Å²) in [5, 5.41) is 12.1. The summed E-state index contributed by atoms with van der Waals surface area (Å²) in [5.41, 5.74) is 0.669. The lowest BCUT2D eigenvalue weighted by atomic mass is 10.5. The van der Waals surface area contributed by atoms with Gasteiger partial charge < -0.3 is 5.11 Å². The summed E-state index contributed by atoms with van der Waals surface area (Å²) in [4.78, 5) is 10.2. The predicted molar refractivity (Wildman–Crippen MR) is 38.1 cm³/mol. The number of carbonyl (C=O) groups is 1. The molecule has 0 amide bonds. The molecule has 54 valence electrons. The average Bonchev–Trinajstić information content (AvgIpc) is 2.13. The van der Waals surface area contributed by atoms with E-state index in [1.165, 1.54) is 6.20 Å². The predicted octanol–water partition coefficient (Wildman–Crippen LogP) is 1.48. The summed E-state index contributed by atoms with van der Waals surface area (Å²) in [6.07, 6.45) is 0.325. The summed E-state index contributed by atoms with van der Waals surface area (Å²) in [5.74, 6) is 0. The first-order valence-corrected chi connectivity index (χ1v) is 3.35. The Bertz CT molecular complexity index is 249. The molecular weight excluding hydrogens is 200 g/mol. The van der Waals surface area contributed by atoms with Gasteiger partial charge in [-0.15, -0.1) is 0 Å². The summed E-state index contributed by atoms with van der Waals surface area (Å²) in [6.45, 7) is 1.73. The third-order valence-corrected chi connectivity index (χ3v) is 1.81. The van der Waals surface area contributed by atoms with Crippen LogP contribution in [0.25, 0.3) is 0 Å².